The van der Waals surface area contributed by atoms with Crippen LogP contribution in [0.3, 0.4) is 0 Å². The van der Waals surface area contributed by atoms with Crippen molar-refractivity contribution in [1.29, 1.82) is 0 Å². The molecule has 1 saturated heterocycles. The lowest BCUT2D eigenvalue weighted by Gasteiger charge is -2.35. The van der Waals surface area contributed by atoms with Crippen molar-refractivity contribution in [1.82, 2.24) is 9.88 Å². The molecule has 0 unspecified atom stereocenters. The normalized spacial score (nSPS) is 15.1. The van der Waals surface area contributed by atoms with Crippen LogP contribution < -0.4 is 4.90 Å². The van der Waals surface area contributed by atoms with Gasteiger partial charge in [-0.1, -0.05) is 17.7 Å². The van der Waals surface area contributed by atoms with Crippen LogP contribution in [0.1, 0.15) is 11.1 Å². The second-order valence-corrected chi connectivity index (χ2v) is 7.42. The van der Waals surface area contributed by atoms with E-state index in [0.717, 1.165) is 17.2 Å². The average molecular weight is 395 g/mol. The predicted octanol–water partition coefficient (Wildman–Crippen LogP) is 3.85. The van der Waals surface area contributed by atoms with Crippen molar-refractivity contribution < 1.29 is 18.0 Å². The van der Waals surface area contributed by atoms with E-state index >= 15 is 0 Å². The Balaban J connectivity index is 1.49. The minimum atomic E-state index is -4.38. The summed E-state index contributed by atoms with van der Waals surface area (Å²) in [5.41, 5.74) is 0.423. The minimum absolute atomic E-state index is 0.0700. The first-order valence-electron chi connectivity index (χ1n) is 8.58. The van der Waals surface area contributed by atoms with E-state index in [0.29, 0.717) is 37.7 Å². The molecule has 3 rings (SSSR count). The number of amides is 1. The van der Waals surface area contributed by atoms with E-state index in [9.17, 15) is 18.0 Å². The number of alkyl halides is 3. The summed E-state index contributed by atoms with van der Waals surface area (Å²) in [4.78, 5) is 21.1. The number of pyridine rings is 1. The van der Waals surface area contributed by atoms with Crippen LogP contribution in [0.25, 0.3) is 0 Å². The van der Waals surface area contributed by atoms with Crippen molar-refractivity contribution >= 4 is 23.5 Å². The van der Waals surface area contributed by atoms with Crippen molar-refractivity contribution in [2.75, 3.05) is 36.8 Å². The van der Waals surface area contributed by atoms with E-state index in [1.165, 1.54) is 23.4 Å². The Kier molecular flexibility index (Phi) is 5.94. The highest BCUT2D eigenvalue weighted by Crippen LogP contribution is 2.29. The van der Waals surface area contributed by atoms with Gasteiger partial charge in [-0.3, -0.25) is 4.79 Å². The first kappa shape index (κ1) is 19.5. The summed E-state index contributed by atoms with van der Waals surface area (Å²) in [5, 5.41) is 0. The molecule has 0 bridgehead atoms. The summed E-state index contributed by atoms with van der Waals surface area (Å²) >= 11 is 1.51. The van der Waals surface area contributed by atoms with Gasteiger partial charge in [0.25, 0.3) is 0 Å². The highest BCUT2D eigenvalue weighted by molar-refractivity contribution is 8.00. The molecule has 1 fully saturated rings. The van der Waals surface area contributed by atoms with Crippen LogP contribution in [0, 0.1) is 6.92 Å². The maximum Gasteiger partial charge on any atom is 0.417 e. The van der Waals surface area contributed by atoms with Gasteiger partial charge in [-0.05, 0) is 31.2 Å². The molecule has 27 heavy (non-hydrogen) atoms. The second kappa shape index (κ2) is 8.21. The van der Waals surface area contributed by atoms with Gasteiger partial charge < -0.3 is 9.80 Å². The van der Waals surface area contributed by atoms with Crippen molar-refractivity contribution in [2.45, 2.75) is 18.0 Å². The Hall–Kier alpha value is -2.22. The molecule has 2 heterocycles. The molecule has 4 nitrogen and oxygen atoms in total. The highest BCUT2D eigenvalue weighted by Gasteiger charge is 2.31. The first-order chi connectivity index (χ1) is 12.8. The van der Waals surface area contributed by atoms with Gasteiger partial charge in [-0.2, -0.15) is 13.2 Å². The third kappa shape index (κ3) is 5.15. The number of aryl methyl sites for hydroxylation is 1. The lowest BCUT2D eigenvalue weighted by molar-refractivity contribution is -0.137. The Morgan fingerprint density at radius 1 is 1.07 bits per heavy atom. The third-order valence-corrected chi connectivity index (χ3v) is 5.41. The molecule has 0 radical (unpaired) electrons. The smallest absolute Gasteiger partial charge is 0.353 e. The van der Waals surface area contributed by atoms with Crippen molar-refractivity contribution in [3.63, 3.8) is 0 Å². The fraction of sp³-hybridized carbons (Fsp3) is 0.368. The van der Waals surface area contributed by atoms with Crippen LogP contribution in [0.5, 0.6) is 0 Å². The molecule has 0 saturated carbocycles. The zero-order valence-electron chi connectivity index (χ0n) is 14.9. The molecule has 1 amide bonds. The average Bonchev–Trinajstić information content (AvgIpc) is 2.67. The standard InChI is InChI=1S/C19H20F3N3OS/c1-14-2-5-16(6-3-14)27-13-18(26)25-10-8-24(9-11-25)17-7-4-15(12-23-17)19(20,21)22/h2-7,12H,8-11,13H2,1H3. The van der Waals surface area contributed by atoms with E-state index in [1.54, 1.807) is 4.90 Å². The Labute approximate surface area is 160 Å². The van der Waals surface area contributed by atoms with E-state index in [4.69, 9.17) is 0 Å². The number of halogens is 3. The van der Waals surface area contributed by atoms with E-state index in [-0.39, 0.29) is 5.91 Å². The topological polar surface area (TPSA) is 36.4 Å². The quantitative estimate of drug-likeness (QED) is 0.737. The lowest BCUT2D eigenvalue weighted by Crippen LogP contribution is -2.49. The monoisotopic (exact) mass is 395 g/mol. The molecule has 1 aromatic carbocycles. The molecule has 0 spiro atoms. The third-order valence-electron chi connectivity index (χ3n) is 4.41. The summed E-state index contributed by atoms with van der Waals surface area (Å²) in [6.07, 6.45) is -3.53. The van der Waals surface area contributed by atoms with Gasteiger partial charge in [0.15, 0.2) is 0 Å². The number of thioether (sulfide) groups is 1. The van der Waals surface area contributed by atoms with E-state index in [2.05, 4.69) is 4.98 Å². The molecule has 8 heteroatoms. The van der Waals surface area contributed by atoms with Gasteiger partial charge in [0, 0.05) is 37.3 Å². The molecule has 1 aliphatic heterocycles. The Bertz CT molecular complexity index is 770. The molecule has 0 N–H and O–H groups in total. The Morgan fingerprint density at radius 3 is 2.30 bits per heavy atom. The SMILES string of the molecule is Cc1ccc(SCC(=O)N2CCN(c3ccc(C(F)(F)F)cn3)CC2)cc1. The van der Waals surface area contributed by atoms with Gasteiger partial charge in [0.2, 0.25) is 5.91 Å². The maximum absolute atomic E-state index is 12.6. The number of aromatic nitrogens is 1. The predicted molar refractivity (Wildman–Crippen MR) is 99.9 cm³/mol. The van der Waals surface area contributed by atoms with E-state index < -0.39 is 11.7 Å². The summed E-state index contributed by atoms with van der Waals surface area (Å²) in [7, 11) is 0. The molecule has 0 aliphatic carbocycles. The molecule has 0 atom stereocenters. The summed E-state index contributed by atoms with van der Waals surface area (Å²) in [6.45, 7) is 4.20. The van der Waals surface area contributed by atoms with Crippen molar-refractivity contribution in [2.24, 2.45) is 0 Å². The molecule has 2 aromatic rings. The maximum atomic E-state index is 12.6. The second-order valence-electron chi connectivity index (χ2n) is 6.37. The molecule has 1 aliphatic rings. The van der Waals surface area contributed by atoms with Crippen molar-refractivity contribution in [3.8, 4) is 0 Å². The van der Waals surface area contributed by atoms with E-state index in [1.807, 2.05) is 36.1 Å². The van der Waals surface area contributed by atoms with Gasteiger partial charge in [-0.25, -0.2) is 4.98 Å². The fourth-order valence-electron chi connectivity index (χ4n) is 2.80. The lowest BCUT2D eigenvalue weighted by atomic mass is 10.2. The first-order valence-corrected chi connectivity index (χ1v) is 9.57. The van der Waals surface area contributed by atoms with Gasteiger partial charge in [0.05, 0.1) is 11.3 Å². The molecular formula is C19H20F3N3OS. The number of anilines is 1. The van der Waals surface area contributed by atoms with Gasteiger partial charge in [-0.15, -0.1) is 11.8 Å². The molecule has 1 aromatic heterocycles. The number of benzene rings is 1. The number of rotatable bonds is 4. The van der Waals surface area contributed by atoms with Crippen LogP contribution in [-0.4, -0.2) is 47.7 Å². The molecular weight excluding hydrogens is 375 g/mol. The highest BCUT2D eigenvalue weighted by atomic mass is 32.2. The Morgan fingerprint density at radius 2 is 1.74 bits per heavy atom. The largest absolute Gasteiger partial charge is 0.417 e. The fourth-order valence-corrected chi connectivity index (χ4v) is 3.60. The van der Waals surface area contributed by atoms with Crippen LogP contribution >= 0.6 is 11.8 Å². The number of hydrogen-bond acceptors (Lipinski definition) is 4. The minimum Gasteiger partial charge on any atom is -0.353 e. The van der Waals surface area contributed by atoms with Crippen LogP contribution in [-0.2, 0) is 11.0 Å². The summed E-state index contributed by atoms with van der Waals surface area (Å²) in [5.74, 6) is 0.950. The number of carbonyl (C=O) groups is 1. The van der Waals surface area contributed by atoms with Crippen LogP contribution in [0.2, 0.25) is 0 Å². The number of hydrogen-bond donors (Lipinski definition) is 0. The van der Waals surface area contributed by atoms with Gasteiger partial charge >= 0.3 is 6.18 Å². The zero-order valence-corrected chi connectivity index (χ0v) is 15.7. The number of piperazine rings is 1. The van der Waals surface area contributed by atoms with Crippen LogP contribution in [0.15, 0.2) is 47.5 Å². The number of carbonyl (C=O) groups excluding carboxylic acids is 1. The summed E-state index contributed by atoms with van der Waals surface area (Å²) < 4.78 is 37.9. The summed E-state index contributed by atoms with van der Waals surface area (Å²) in [6, 6.07) is 10.5. The number of nitrogens with zero attached hydrogens (tertiary/aromatic N) is 3. The zero-order chi connectivity index (χ0) is 19.4. The van der Waals surface area contributed by atoms with Crippen molar-refractivity contribution in [3.05, 3.63) is 53.7 Å². The van der Waals surface area contributed by atoms with Crippen LogP contribution in [0.4, 0.5) is 19.0 Å². The van der Waals surface area contributed by atoms with Gasteiger partial charge in [0.1, 0.15) is 5.82 Å². The molecule has 144 valence electrons.